The van der Waals surface area contributed by atoms with Crippen molar-refractivity contribution in [2.45, 2.75) is 13.0 Å². The third-order valence-electron chi connectivity index (χ3n) is 3.99. The molecule has 3 aromatic heterocycles. The van der Waals surface area contributed by atoms with E-state index >= 15 is 0 Å². The maximum atomic E-state index is 12.4. The summed E-state index contributed by atoms with van der Waals surface area (Å²) in [5.41, 5.74) is 1.14. The number of nitrogens with one attached hydrogen (secondary N) is 1. The van der Waals surface area contributed by atoms with E-state index < -0.39 is 0 Å². The minimum Gasteiger partial charge on any atom is -0.465 e. The molecule has 0 bridgehead atoms. The molecule has 3 aromatic rings. The fourth-order valence-corrected chi connectivity index (χ4v) is 3.68. The summed E-state index contributed by atoms with van der Waals surface area (Å²) in [6.45, 7) is 1.05. The molecule has 136 valence electrons. The number of thiazole rings is 1. The number of carbonyl (C=O) groups is 2. The van der Waals surface area contributed by atoms with Gasteiger partial charge in [0.2, 0.25) is 5.91 Å². The van der Waals surface area contributed by atoms with Gasteiger partial charge in [-0.15, -0.1) is 0 Å². The molecule has 4 heterocycles. The summed E-state index contributed by atoms with van der Waals surface area (Å²) in [6, 6.07) is 3.55. The van der Waals surface area contributed by atoms with Crippen molar-refractivity contribution in [3.63, 3.8) is 0 Å². The summed E-state index contributed by atoms with van der Waals surface area (Å²) in [4.78, 5) is 39.6. The predicted molar refractivity (Wildman–Crippen MR) is 99.0 cm³/mol. The van der Waals surface area contributed by atoms with Crippen LogP contribution in [0.2, 0.25) is 0 Å². The Bertz CT molecular complexity index is 982. The minimum atomic E-state index is -0.358. The molecular weight excluding hydrogens is 366 g/mol. The Hall–Kier alpha value is -3.33. The Kier molecular flexibility index (Phi) is 4.75. The normalized spacial score (nSPS) is 13.6. The fourth-order valence-electron chi connectivity index (χ4n) is 2.66. The van der Waals surface area contributed by atoms with E-state index in [0.717, 1.165) is 10.6 Å². The van der Waals surface area contributed by atoms with Crippen LogP contribution in [0.1, 0.15) is 26.8 Å². The molecule has 0 atom stereocenters. The quantitative estimate of drug-likeness (QED) is 0.696. The molecule has 0 unspecified atom stereocenters. The molecule has 2 amide bonds. The molecule has 0 saturated heterocycles. The summed E-state index contributed by atoms with van der Waals surface area (Å²) in [5, 5.41) is 3.24. The number of rotatable bonds is 4. The monoisotopic (exact) mass is 381 g/mol. The topological polar surface area (TPSA) is 101 Å². The Morgan fingerprint density at radius 1 is 1.33 bits per heavy atom. The zero-order chi connectivity index (χ0) is 18.6. The number of hydrogen-bond acceptors (Lipinski definition) is 7. The standard InChI is InChI=1S/C18H15N5O3S/c24-16(4-3-12-2-1-9-26-12)23-8-5-13-15(11-23)27-18(21-13)22-17(25)14-10-19-6-7-20-14/h1-4,6-7,9-10H,5,8,11H2,(H,21,22,25). The number of carbonyl (C=O) groups excluding carboxylic acids is 2. The highest BCUT2D eigenvalue weighted by Crippen LogP contribution is 2.28. The van der Waals surface area contributed by atoms with E-state index in [1.54, 1.807) is 29.4 Å². The number of anilines is 1. The Morgan fingerprint density at radius 3 is 3.04 bits per heavy atom. The molecule has 1 N–H and O–H groups in total. The van der Waals surface area contributed by atoms with Crippen molar-refractivity contribution in [3.05, 3.63) is 65.1 Å². The molecule has 0 saturated carbocycles. The van der Waals surface area contributed by atoms with Crippen molar-refractivity contribution in [1.82, 2.24) is 19.9 Å². The van der Waals surface area contributed by atoms with E-state index in [1.165, 1.54) is 36.0 Å². The van der Waals surface area contributed by atoms with Gasteiger partial charge in [0.15, 0.2) is 5.13 Å². The van der Waals surface area contributed by atoms with Crippen molar-refractivity contribution in [1.29, 1.82) is 0 Å². The van der Waals surface area contributed by atoms with E-state index in [9.17, 15) is 9.59 Å². The first-order chi connectivity index (χ1) is 13.2. The van der Waals surface area contributed by atoms with Crippen molar-refractivity contribution < 1.29 is 14.0 Å². The average molecular weight is 381 g/mol. The highest BCUT2D eigenvalue weighted by molar-refractivity contribution is 7.15. The van der Waals surface area contributed by atoms with Gasteiger partial charge in [-0.05, 0) is 18.2 Å². The lowest BCUT2D eigenvalue weighted by atomic mass is 10.2. The first-order valence-electron chi connectivity index (χ1n) is 8.25. The lowest BCUT2D eigenvalue weighted by molar-refractivity contribution is -0.126. The Morgan fingerprint density at radius 2 is 2.26 bits per heavy atom. The third kappa shape index (κ3) is 3.93. The summed E-state index contributed by atoms with van der Waals surface area (Å²) >= 11 is 1.37. The van der Waals surface area contributed by atoms with Crippen LogP contribution in [0.5, 0.6) is 0 Å². The zero-order valence-corrected chi connectivity index (χ0v) is 15.0. The summed E-state index contributed by atoms with van der Waals surface area (Å²) in [7, 11) is 0. The second-order valence-electron chi connectivity index (χ2n) is 5.79. The number of aromatic nitrogens is 3. The maximum Gasteiger partial charge on any atom is 0.277 e. The SMILES string of the molecule is O=C(Nc1nc2c(s1)CN(C(=O)C=Cc1ccco1)CC2)c1cnccn1. The van der Waals surface area contributed by atoms with Gasteiger partial charge in [0, 0.05) is 36.3 Å². The van der Waals surface area contributed by atoms with Gasteiger partial charge < -0.3 is 9.32 Å². The lowest BCUT2D eigenvalue weighted by Gasteiger charge is -2.24. The fraction of sp³-hybridized carbons (Fsp3) is 0.167. The first-order valence-corrected chi connectivity index (χ1v) is 9.07. The molecule has 0 fully saturated rings. The van der Waals surface area contributed by atoms with Crippen molar-refractivity contribution in [2.75, 3.05) is 11.9 Å². The van der Waals surface area contributed by atoms with Gasteiger partial charge in [0.1, 0.15) is 11.5 Å². The van der Waals surface area contributed by atoms with Crippen LogP contribution in [0.15, 0.2) is 47.5 Å². The van der Waals surface area contributed by atoms with Crippen LogP contribution in [0.3, 0.4) is 0 Å². The van der Waals surface area contributed by atoms with E-state index in [4.69, 9.17) is 4.42 Å². The smallest absolute Gasteiger partial charge is 0.277 e. The molecule has 0 radical (unpaired) electrons. The highest BCUT2D eigenvalue weighted by atomic mass is 32.1. The van der Waals surface area contributed by atoms with Crippen LogP contribution < -0.4 is 5.32 Å². The van der Waals surface area contributed by atoms with E-state index in [2.05, 4.69) is 20.3 Å². The molecular formula is C18H15N5O3S. The van der Waals surface area contributed by atoms with Gasteiger partial charge in [-0.1, -0.05) is 11.3 Å². The Labute approximate surface area is 158 Å². The molecule has 1 aliphatic heterocycles. The molecule has 0 spiro atoms. The molecule has 4 rings (SSSR count). The highest BCUT2D eigenvalue weighted by Gasteiger charge is 2.23. The Balaban J connectivity index is 1.41. The van der Waals surface area contributed by atoms with Crippen LogP contribution in [-0.4, -0.2) is 38.2 Å². The summed E-state index contributed by atoms with van der Waals surface area (Å²) in [5.74, 6) is 0.187. The average Bonchev–Trinajstić information content (AvgIpc) is 3.35. The zero-order valence-electron chi connectivity index (χ0n) is 14.2. The maximum absolute atomic E-state index is 12.4. The number of furan rings is 1. The van der Waals surface area contributed by atoms with Gasteiger partial charge in [0.05, 0.1) is 24.7 Å². The van der Waals surface area contributed by atoms with Crippen molar-refractivity contribution in [2.24, 2.45) is 0 Å². The second-order valence-corrected chi connectivity index (χ2v) is 6.88. The second kappa shape index (κ2) is 7.50. The third-order valence-corrected chi connectivity index (χ3v) is 4.99. The molecule has 0 aromatic carbocycles. The molecule has 8 nitrogen and oxygen atoms in total. The van der Waals surface area contributed by atoms with Gasteiger partial charge in [-0.3, -0.25) is 19.9 Å². The van der Waals surface area contributed by atoms with Crippen molar-refractivity contribution in [3.8, 4) is 0 Å². The van der Waals surface area contributed by atoms with E-state index in [-0.39, 0.29) is 17.5 Å². The van der Waals surface area contributed by atoms with E-state index in [0.29, 0.717) is 30.4 Å². The number of hydrogen-bond donors (Lipinski definition) is 1. The van der Waals surface area contributed by atoms with E-state index in [1.807, 2.05) is 0 Å². The summed E-state index contributed by atoms with van der Waals surface area (Å²) in [6.07, 6.45) is 9.72. The van der Waals surface area contributed by atoms with Crippen LogP contribution in [0.4, 0.5) is 5.13 Å². The number of amides is 2. The molecule has 1 aliphatic rings. The minimum absolute atomic E-state index is 0.0874. The molecule has 9 heteroatoms. The number of nitrogens with zero attached hydrogens (tertiary/aromatic N) is 4. The van der Waals surface area contributed by atoms with Crippen LogP contribution in [-0.2, 0) is 17.8 Å². The van der Waals surface area contributed by atoms with Crippen LogP contribution in [0.25, 0.3) is 6.08 Å². The lowest BCUT2D eigenvalue weighted by Crippen LogP contribution is -2.34. The molecule has 27 heavy (non-hydrogen) atoms. The van der Waals surface area contributed by atoms with Gasteiger partial charge in [0.25, 0.3) is 5.91 Å². The first kappa shape index (κ1) is 17.1. The predicted octanol–water partition coefficient (Wildman–Crippen LogP) is 2.38. The van der Waals surface area contributed by atoms with Crippen LogP contribution in [0, 0.1) is 0 Å². The van der Waals surface area contributed by atoms with Gasteiger partial charge in [-0.2, -0.15) is 0 Å². The van der Waals surface area contributed by atoms with Crippen molar-refractivity contribution >= 4 is 34.4 Å². The van der Waals surface area contributed by atoms with Gasteiger partial charge in [-0.25, -0.2) is 9.97 Å². The summed E-state index contributed by atoms with van der Waals surface area (Å²) < 4.78 is 5.19. The molecule has 0 aliphatic carbocycles. The number of fused-ring (bicyclic) bond motifs is 1. The van der Waals surface area contributed by atoms with Crippen LogP contribution >= 0.6 is 11.3 Å². The van der Waals surface area contributed by atoms with Gasteiger partial charge >= 0.3 is 0 Å². The largest absolute Gasteiger partial charge is 0.465 e.